The summed E-state index contributed by atoms with van der Waals surface area (Å²) in [5.74, 6) is 0.736. The molecule has 0 saturated heterocycles. The van der Waals surface area contributed by atoms with Gasteiger partial charge in [-0.05, 0) is 30.2 Å². The number of nitro groups is 1. The molecule has 148 valence electrons. The Morgan fingerprint density at radius 2 is 2.10 bits per heavy atom. The summed E-state index contributed by atoms with van der Waals surface area (Å²) in [4.78, 5) is 30.0. The lowest BCUT2D eigenvalue weighted by Gasteiger charge is -2.31. The maximum atomic E-state index is 12.7. The van der Waals surface area contributed by atoms with Gasteiger partial charge in [0.25, 0.3) is 5.69 Å². The van der Waals surface area contributed by atoms with Gasteiger partial charge in [-0.1, -0.05) is 12.1 Å². The van der Waals surface area contributed by atoms with Crippen molar-refractivity contribution in [1.29, 1.82) is 0 Å². The van der Waals surface area contributed by atoms with Gasteiger partial charge in [0.15, 0.2) is 5.82 Å². The number of anilines is 1. The summed E-state index contributed by atoms with van der Waals surface area (Å²) in [5, 5.41) is 11.8. The molecule has 0 aliphatic carbocycles. The van der Waals surface area contributed by atoms with E-state index in [0.717, 1.165) is 23.3 Å². The van der Waals surface area contributed by atoms with E-state index in [1.807, 2.05) is 23.1 Å². The zero-order valence-corrected chi connectivity index (χ0v) is 16.2. The Morgan fingerprint density at radius 3 is 2.79 bits per heavy atom. The average Bonchev–Trinajstić information content (AvgIpc) is 3.17. The second-order valence-corrected chi connectivity index (χ2v) is 6.92. The number of fused-ring (bicyclic) bond motifs is 1. The zero-order chi connectivity index (χ0) is 20.5. The van der Waals surface area contributed by atoms with Crippen LogP contribution < -0.4 is 9.64 Å². The molecule has 0 atom stereocenters. The molecular formula is C21H20N4O4. The molecule has 1 aromatic heterocycles. The second kappa shape index (κ2) is 7.38. The lowest BCUT2D eigenvalue weighted by molar-refractivity contribution is -0.384. The molecule has 29 heavy (non-hydrogen) atoms. The number of carbonyl (C=O) groups excluding carboxylic acids is 1. The van der Waals surface area contributed by atoms with Gasteiger partial charge in [-0.15, -0.1) is 0 Å². The number of benzene rings is 2. The Bertz CT molecular complexity index is 1110. The van der Waals surface area contributed by atoms with Crippen molar-refractivity contribution >= 4 is 17.2 Å². The van der Waals surface area contributed by atoms with Gasteiger partial charge in [0.1, 0.15) is 11.4 Å². The van der Waals surface area contributed by atoms with Crippen LogP contribution in [0.3, 0.4) is 0 Å². The molecule has 3 aromatic rings. The molecule has 0 amide bonds. The predicted octanol–water partition coefficient (Wildman–Crippen LogP) is 3.13. The quantitative estimate of drug-likeness (QED) is 0.376. The van der Waals surface area contributed by atoms with Gasteiger partial charge in [0.2, 0.25) is 5.78 Å². The summed E-state index contributed by atoms with van der Waals surface area (Å²) in [6.07, 6.45) is 3.91. The van der Waals surface area contributed by atoms with Gasteiger partial charge >= 0.3 is 0 Å². The van der Waals surface area contributed by atoms with E-state index in [-0.39, 0.29) is 22.9 Å². The van der Waals surface area contributed by atoms with E-state index in [4.69, 9.17) is 4.74 Å². The zero-order valence-electron chi connectivity index (χ0n) is 16.2. The van der Waals surface area contributed by atoms with E-state index in [1.54, 1.807) is 37.1 Å². The highest BCUT2D eigenvalue weighted by atomic mass is 16.6. The number of hydrogen-bond donors (Lipinski definition) is 0. The van der Waals surface area contributed by atoms with Crippen LogP contribution in [0.15, 0.2) is 48.8 Å². The van der Waals surface area contributed by atoms with E-state index < -0.39 is 4.92 Å². The fourth-order valence-electron chi connectivity index (χ4n) is 3.76. The molecule has 1 aliphatic heterocycles. The first-order chi connectivity index (χ1) is 14.0. The minimum atomic E-state index is -0.439. The third-order valence-corrected chi connectivity index (χ3v) is 5.24. The molecular weight excluding hydrogens is 372 g/mol. The number of carbonyl (C=O) groups is 1. The van der Waals surface area contributed by atoms with Crippen molar-refractivity contribution < 1.29 is 14.5 Å². The summed E-state index contributed by atoms with van der Waals surface area (Å²) in [5.41, 5.74) is 2.87. The first kappa shape index (κ1) is 18.7. The Balaban J connectivity index is 1.69. The van der Waals surface area contributed by atoms with Crippen LogP contribution in [0.25, 0.3) is 0 Å². The van der Waals surface area contributed by atoms with Crippen molar-refractivity contribution in [1.82, 2.24) is 9.55 Å². The summed E-state index contributed by atoms with van der Waals surface area (Å²) in [6, 6.07) is 10.5. The third-order valence-electron chi connectivity index (χ3n) is 5.24. The molecule has 2 aromatic carbocycles. The number of imidazole rings is 1. The molecule has 0 spiro atoms. The maximum absolute atomic E-state index is 12.7. The predicted molar refractivity (Wildman–Crippen MR) is 107 cm³/mol. The fourth-order valence-corrected chi connectivity index (χ4v) is 3.76. The Labute approximate surface area is 167 Å². The lowest BCUT2D eigenvalue weighted by Crippen LogP contribution is -2.31. The minimum absolute atomic E-state index is 0.0867. The molecule has 4 rings (SSSR count). The van der Waals surface area contributed by atoms with Crippen molar-refractivity contribution in [2.45, 2.75) is 13.0 Å². The summed E-state index contributed by atoms with van der Waals surface area (Å²) in [7, 11) is 3.35. The van der Waals surface area contributed by atoms with Crippen LogP contribution in [0.4, 0.5) is 11.4 Å². The van der Waals surface area contributed by atoms with E-state index in [2.05, 4.69) is 4.98 Å². The smallest absolute Gasteiger partial charge is 0.293 e. The van der Waals surface area contributed by atoms with Gasteiger partial charge in [-0.2, -0.15) is 0 Å². The Kier molecular flexibility index (Phi) is 4.75. The summed E-state index contributed by atoms with van der Waals surface area (Å²) in [6.45, 7) is 1.17. The number of ether oxygens (including phenoxy) is 1. The molecule has 0 fully saturated rings. The van der Waals surface area contributed by atoms with Crippen molar-refractivity contribution in [3.63, 3.8) is 0 Å². The first-order valence-electron chi connectivity index (χ1n) is 9.19. The molecule has 0 radical (unpaired) electrons. The van der Waals surface area contributed by atoms with E-state index in [1.165, 1.54) is 12.3 Å². The molecule has 8 nitrogen and oxygen atoms in total. The first-order valence-corrected chi connectivity index (χ1v) is 9.19. The van der Waals surface area contributed by atoms with Gasteiger partial charge in [-0.3, -0.25) is 14.9 Å². The molecule has 0 saturated carbocycles. The third kappa shape index (κ3) is 3.33. The van der Waals surface area contributed by atoms with Gasteiger partial charge in [-0.25, -0.2) is 4.98 Å². The largest absolute Gasteiger partial charge is 0.496 e. The second-order valence-electron chi connectivity index (χ2n) is 6.92. The summed E-state index contributed by atoms with van der Waals surface area (Å²) < 4.78 is 7.02. The number of ketones is 1. The fraction of sp³-hybridized carbons (Fsp3) is 0.238. The van der Waals surface area contributed by atoms with Crippen molar-refractivity contribution in [3.8, 4) is 5.75 Å². The molecule has 0 bridgehead atoms. The van der Waals surface area contributed by atoms with Gasteiger partial charge in [0.05, 0.1) is 12.0 Å². The van der Waals surface area contributed by atoms with Crippen LogP contribution in [-0.4, -0.2) is 33.9 Å². The van der Waals surface area contributed by atoms with Crippen LogP contribution in [0, 0.1) is 10.1 Å². The normalized spacial score (nSPS) is 13.1. The molecule has 8 heteroatoms. The average molecular weight is 392 g/mol. The molecule has 0 unspecified atom stereocenters. The Hall–Kier alpha value is -3.68. The van der Waals surface area contributed by atoms with Crippen LogP contribution >= 0.6 is 0 Å². The van der Waals surface area contributed by atoms with Crippen molar-refractivity contribution in [2.24, 2.45) is 7.05 Å². The Morgan fingerprint density at radius 1 is 1.28 bits per heavy atom. The van der Waals surface area contributed by atoms with Crippen LogP contribution in [-0.2, 0) is 20.0 Å². The van der Waals surface area contributed by atoms with E-state index in [0.29, 0.717) is 18.8 Å². The highest BCUT2D eigenvalue weighted by molar-refractivity contribution is 6.07. The monoisotopic (exact) mass is 392 g/mol. The number of nitrogens with zero attached hydrogens (tertiary/aromatic N) is 4. The highest BCUT2D eigenvalue weighted by Crippen LogP contribution is 2.35. The number of methoxy groups -OCH3 is 1. The van der Waals surface area contributed by atoms with Crippen LogP contribution in [0.1, 0.15) is 27.3 Å². The maximum Gasteiger partial charge on any atom is 0.293 e. The van der Waals surface area contributed by atoms with Gasteiger partial charge < -0.3 is 14.2 Å². The lowest BCUT2D eigenvalue weighted by atomic mass is 9.97. The molecule has 1 aliphatic rings. The highest BCUT2D eigenvalue weighted by Gasteiger charge is 2.27. The number of rotatable bonds is 5. The number of aromatic nitrogens is 2. The number of hydrogen-bond acceptors (Lipinski definition) is 6. The van der Waals surface area contributed by atoms with Crippen LogP contribution in [0.2, 0.25) is 0 Å². The molecule has 2 heterocycles. The minimum Gasteiger partial charge on any atom is -0.496 e. The topological polar surface area (TPSA) is 90.5 Å². The number of aryl methyl sites for hydroxylation is 1. The van der Waals surface area contributed by atoms with E-state index >= 15 is 0 Å². The van der Waals surface area contributed by atoms with Crippen LogP contribution in [0.5, 0.6) is 5.75 Å². The van der Waals surface area contributed by atoms with E-state index in [9.17, 15) is 14.9 Å². The number of nitro benzene ring substituents is 1. The van der Waals surface area contributed by atoms with Gasteiger partial charge in [0, 0.05) is 49.7 Å². The SMILES string of the molecule is COc1cccc2c1CCN(c1ccc(C(=O)c3nccn3C)cc1[N+](=O)[O-])C2. The van der Waals surface area contributed by atoms with Crippen molar-refractivity contribution in [2.75, 3.05) is 18.6 Å². The molecule has 0 N–H and O–H groups in total. The standard InChI is InChI=1S/C21H20N4O4/c1-23-11-9-22-21(23)20(26)14-6-7-17(18(12-14)25(27)28)24-10-8-16-15(13-24)4-3-5-19(16)29-2/h3-7,9,11-12H,8,10,13H2,1-2H3. The summed E-state index contributed by atoms with van der Waals surface area (Å²) >= 11 is 0. The van der Waals surface area contributed by atoms with Crippen molar-refractivity contribution in [3.05, 3.63) is 81.4 Å².